The number of pyridine rings is 1. The first-order valence-corrected chi connectivity index (χ1v) is 8.57. The largest absolute Gasteiger partial charge is 0.348 e. The lowest BCUT2D eigenvalue weighted by molar-refractivity contribution is 0.196. The first kappa shape index (κ1) is 16.0. The third kappa shape index (κ3) is 2.85. The molecule has 5 heteroatoms. The topological polar surface area (TPSA) is 44.8 Å². The van der Waals surface area contributed by atoms with Gasteiger partial charge in [-0.05, 0) is 42.7 Å². The Labute approximate surface area is 146 Å². The van der Waals surface area contributed by atoms with Crippen molar-refractivity contribution < 1.29 is 4.39 Å². The van der Waals surface area contributed by atoms with E-state index in [4.69, 9.17) is 0 Å². The monoisotopic (exact) mass is 336 g/mol. The first-order valence-electron chi connectivity index (χ1n) is 8.57. The summed E-state index contributed by atoms with van der Waals surface area (Å²) in [7, 11) is 0. The van der Waals surface area contributed by atoms with Gasteiger partial charge in [0.1, 0.15) is 5.82 Å². The van der Waals surface area contributed by atoms with Crippen molar-refractivity contribution in [2.45, 2.75) is 32.9 Å². The van der Waals surface area contributed by atoms with Gasteiger partial charge in [0.15, 0.2) is 0 Å². The summed E-state index contributed by atoms with van der Waals surface area (Å²) in [5.41, 5.74) is 5.60. The summed E-state index contributed by atoms with van der Waals surface area (Å²) in [6, 6.07) is 9.82. The number of fused-ring (bicyclic) bond motifs is 1. The van der Waals surface area contributed by atoms with Crippen molar-refractivity contribution in [1.82, 2.24) is 19.9 Å². The Morgan fingerprint density at radius 1 is 1.20 bits per heavy atom. The molecule has 0 saturated heterocycles. The highest BCUT2D eigenvalue weighted by Gasteiger charge is 2.32. The second-order valence-corrected chi connectivity index (χ2v) is 6.62. The normalized spacial score (nSPS) is 17.5. The van der Waals surface area contributed by atoms with Crippen LogP contribution < -0.4 is 0 Å². The van der Waals surface area contributed by atoms with Crippen LogP contribution in [0.2, 0.25) is 0 Å². The minimum absolute atomic E-state index is 0.0139. The highest BCUT2D eigenvalue weighted by Crippen LogP contribution is 2.34. The van der Waals surface area contributed by atoms with E-state index in [1.165, 1.54) is 5.69 Å². The van der Waals surface area contributed by atoms with E-state index >= 15 is 0 Å². The number of imidazole rings is 1. The molecule has 0 bridgehead atoms. The summed E-state index contributed by atoms with van der Waals surface area (Å²) in [6.07, 6.45) is 4.47. The molecule has 0 saturated carbocycles. The zero-order valence-electron chi connectivity index (χ0n) is 14.5. The van der Waals surface area contributed by atoms with Gasteiger partial charge in [-0.3, -0.25) is 9.88 Å². The molecular weight excluding hydrogens is 315 g/mol. The summed E-state index contributed by atoms with van der Waals surface area (Å²) in [6.45, 7) is 5.22. The molecule has 1 N–H and O–H groups in total. The number of halogens is 1. The fourth-order valence-corrected chi connectivity index (χ4v) is 3.61. The van der Waals surface area contributed by atoms with Gasteiger partial charge in [0, 0.05) is 31.4 Å². The minimum atomic E-state index is -0.107. The molecular formula is C20H21FN4. The standard InChI is InChI=1S/C20H21FN4/c1-13-6-7-15(14(2)18(13)21)11-25-10-8-16-19(24-12-23-16)20(25)17-5-3-4-9-22-17/h3-7,9,12,20H,8,10-11H2,1-2H3,(H,23,24)/t20-/m1/s1. The van der Waals surface area contributed by atoms with Crippen LogP contribution in [-0.2, 0) is 13.0 Å². The second kappa shape index (κ2) is 6.41. The van der Waals surface area contributed by atoms with Crippen molar-refractivity contribution in [3.05, 3.63) is 82.4 Å². The molecule has 1 aromatic carbocycles. The molecule has 0 spiro atoms. The smallest absolute Gasteiger partial charge is 0.129 e. The molecule has 0 fully saturated rings. The van der Waals surface area contributed by atoms with Crippen LogP contribution in [0.5, 0.6) is 0 Å². The molecule has 0 aliphatic carbocycles. The van der Waals surface area contributed by atoms with Crippen LogP contribution in [0.1, 0.15) is 39.8 Å². The van der Waals surface area contributed by atoms with E-state index in [1.807, 2.05) is 43.5 Å². The maximum Gasteiger partial charge on any atom is 0.129 e. The third-order valence-corrected chi connectivity index (χ3v) is 5.06. The average molecular weight is 336 g/mol. The predicted octanol–water partition coefficient (Wildman–Crippen LogP) is 3.71. The number of nitrogens with one attached hydrogen (secondary N) is 1. The third-order valence-electron chi connectivity index (χ3n) is 5.06. The number of aromatic amines is 1. The molecule has 3 aromatic rings. The Kier molecular flexibility index (Phi) is 4.09. The lowest BCUT2D eigenvalue weighted by Gasteiger charge is -2.35. The van der Waals surface area contributed by atoms with Crippen molar-refractivity contribution in [3.63, 3.8) is 0 Å². The number of hydrogen-bond donors (Lipinski definition) is 1. The Morgan fingerprint density at radius 3 is 2.88 bits per heavy atom. The molecule has 0 amide bonds. The Balaban J connectivity index is 1.72. The molecule has 1 aliphatic heterocycles. The molecule has 0 radical (unpaired) electrons. The van der Waals surface area contributed by atoms with E-state index in [0.29, 0.717) is 12.1 Å². The van der Waals surface area contributed by atoms with E-state index in [-0.39, 0.29) is 11.9 Å². The van der Waals surface area contributed by atoms with Crippen LogP contribution in [0.3, 0.4) is 0 Å². The molecule has 4 nitrogen and oxygen atoms in total. The van der Waals surface area contributed by atoms with Crippen molar-refractivity contribution in [2.75, 3.05) is 6.54 Å². The summed E-state index contributed by atoms with van der Waals surface area (Å²) < 4.78 is 14.3. The zero-order chi connectivity index (χ0) is 17.4. The van der Waals surface area contributed by atoms with Crippen molar-refractivity contribution in [2.24, 2.45) is 0 Å². The van der Waals surface area contributed by atoms with Crippen LogP contribution >= 0.6 is 0 Å². The van der Waals surface area contributed by atoms with Crippen molar-refractivity contribution in [1.29, 1.82) is 0 Å². The number of nitrogens with zero attached hydrogens (tertiary/aromatic N) is 3. The predicted molar refractivity (Wildman–Crippen MR) is 94.7 cm³/mol. The second-order valence-electron chi connectivity index (χ2n) is 6.62. The Hall–Kier alpha value is -2.53. The van der Waals surface area contributed by atoms with Crippen LogP contribution in [-0.4, -0.2) is 26.4 Å². The number of H-pyrrole nitrogens is 1. The van der Waals surface area contributed by atoms with Crippen LogP contribution in [0.25, 0.3) is 0 Å². The quantitative estimate of drug-likeness (QED) is 0.793. The zero-order valence-corrected chi connectivity index (χ0v) is 14.5. The lowest BCUT2D eigenvalue weighted by atomic mass is 9.97. The Morgan fingerprint density at radius 2 is 2.08 bits per heavy atom. The average Bonchev–Trinajstić information content (AvgIpc) is 3.11. The van der Waals surface area contributed by atoms with E-state index in [9.17, 15) is 4.39 Å². The number of aryl methyl sites for hydroxylation is 1. The molecule has 128 valence electrons. The highest BCUT2D eigenvalue weighted by atomic mass is 19.1. The summed E-state index contributed by atoms with van der Waals surface area (Å²) in [4.78, 5) is 14.7. The number of benzene rings is 1. The van der Waals surface area contributed by atoms with E-state index in [0.717, 1.165) is 35.5 Å². The van der Waals surface area contributed by atoms with Gasteiger partial charge in [-0.25, -0.2) is 9.37 Å². The molecule has 2 aromatic heterocycles. The minimum Gasteiger partial charge on any atom is -0.348 e. The van der Waals surface area contributed by atoms with Crippen molar-refractivity contribution >= 4 is 0 Å². The van der Waals surface area contributed by atoms with Gasteiger partial charge in [0.25, 0.3) is 0 Å². The maximum absolute atomic E-state index is 14.3. The lowest BCUT2D eigenvalue weighted by Crippen LogP contribution is -2.36. The Bertz CT molecular complexity index is 888. The van der Waals surface area contributed by atoms with Crippen molar-refractivity contribution in [3.8, 4) is 0 Å². The van der Waals surface area contributed by atoms with E-state index in [1.54, 1.807) is 13.3 Å². The van der Waals surface area contributed by atoms with Gasteiger partial charge >= 0.3 is 0 Å². The number of aromatic nitrogens is 3. The van der Waals surface area contributed by atoms with Gasteiger partial charge in [0.05, 0.1) is 23.8 Å². The molecule has 4 rings (SSSR count). The summed E-state index contributed by atoms with van der Waals surface area (Å²) in [5, 5.41) is 0. The molecule has 0 unspecified atom stereocenters. The fraction of sp³-hybridized carbons (Fsp3) is 0.300. The SMILES string of the molecule is Cc1ccc(CN2CCc3[nH]cnc3[C@H]2c2ccccn2)c(C)c1F. The van der Waals surface area contributed by atoms with Gasteiger partial charge < -0.3 is 4.98 Å². The number of hydrogen-bond acceptors (Lipinski definition) is 3. The number of rotatable bonds is 3. The fourth-order valence-electron chi connectivity index (χ4n) is 3.61. The van der Waals surface area contributed by atoms with Gasteiger partial charge in [-0.1, -0.05) is 18.2 Å². The van der Waals surface area contributed by atoms with E-state index in [2.05, 4.69) is 19.9 Å². The van der Waals surface area contributed by atoms with Gasteiger partial charge in [0.2, 0.25) is 0 Å². The highest BCUT2D eigenvalue weighted by molar-refractivity contribution is 5.34. The van der Waals surface area contributed by atoms with Gasteiger partial charge in [-0.15, -0.1) is 0 Å². The van der Waals surface area contributed by atoms with Crippen LogP contribution in [0.4, 0.5) is 4.39 Å². The molecule has 1 atom stereocenters. The summed E-state index contributed by atoms with van der Waals surface area (Å²) >= 11 is 0. The van der Waals surface area contributed by atoms with E-state index < -0.39 is 0 Å². The molecule has 3 heterocycles. The van der Waals surface area contributed by atoms with Crippen LogP contribution in [0.15, 0.2) is 42.9 Å². The molecule has 1 aliphatic rings. The molecule has 25 heavy (non-hydrogen) atoms. The van der Waals surface area contributed by atoms with Crippen LogP contribution in [0, 0.1) is 19.7 Å². The van der Waals surface area contributed by atoms with Gasteiger partial charge in [-0.2, -0.15) is 0 Å². The summed E-state index contributed by atoms with van der Waals surface area (Å²) in [5.74, 6) is -0.107. The first-order chi connectivity index (χ1) is 12.1. The maximum atomic E-state index is 14.3.